The highest BCUT2D eigenvalue weighted by molar-refractivity contribution is 7.17. The molecule has 0 spiro atoms. The molecule has 14 heavy (non-hydrogen) atoms. The Balaban J connectivity index is 2.94. The van der Waals surface area contributed by atoms with Crippen LogP contribution in [0.4, 0.5) is 5.69 Å². The first-order valence-corrected chi connectivity index (χ1v) is 4.75. The van der Waals surface area contributed by atoms with Crippen LogP contribution in [0.15, 0.2) is 17.5 Å². The van der Waals surface area contributed by atoms with Crippen LogP contribution in [0.25, 0.3) is 10.1 Å². The number of nitrogens with two attached hydrogens (primary N) is 1. The van der Waals surface area contributed by atoms with E-state index in [2.05, 4.69) is 12.1 Å². The minimum atomic E-state index is 0.518. The van der Waals surface area contributed by atoms with Crippen molar-refractivity contribution < 1.29 is 0 Å². The maximum absolute atomic E-state index is 8.86. The van der Waals surface area contributed by atoms with Gasteiger partial charge >= 0.3 is 0 Å². The second-order valence-corrected chi connectivity index (χ2v) is 3.70. The number of anilines is 1. The molecule has 0 atom stereocenters. The van der Waals surface area contributed by atoms with Crippen LogP contribution >= 0.6 is 11.3 Å². The van der Waals surface area contributed by atoms with Gasteiger partial charge < -0.3 is 5.73 Å². The molecule has 2 N–H and O–H groups in total. The van der Waals surface area contributed by atoms with E-state index in [1.807, 2.05) is 0 Å². The lowest BCUT2D eigenvalue weighted by atomic mass is 10.1. The third-order valence-electron chi connectivity index (χ3n) is 1.94. The normalized spacial score (nSPS) is 9.57. The number of hydrogen-bond donors (Lipinski definition) is 1. The van der Waals surface area contributed by atoms with Gasteiger partial charge in [0.15, 0.2) is 0 Å². The molecule has 1 aromatic carbocycles. The molecule has 0 radical (unpaired) electrons. The van der Waals surface area contributed by atoms with E-state index in [1.165, 1.54) is 11.3 Å². The van der Waals surface area contributed by atoms with Gasteiger partial charge in [0.25, 0.3) is 0 Å². The van der Waals surface area contributed by atoms with Crippen molar-refractivity contribution >= 4 is 27.1 Å². The molecular weight excluding hydrogens is 194 g/mol. The summed E-state index contributed by atoms with van der Waals surface area (Å²) < 4.78 is 0.832. The Hall–Kier alpha value is -2.04. The fourth-order valence-electron chi connectivity index (χ4n) is 1.33. The minimum Gasteiger partial charge on any atom is -0.399 e. The van der Waals surface area contributed by atoms with Gasteiger partial charge in [-0.2, -0.15) is 10.5 Å². The van der Waals surface area contributed by atoms with E-state index in [1.54, 1.807) is 17.5 Å². The van der Waals surface area contributed by atoms with Gasteiger partial charge in [0, 0.05) is 16.5 Å². The molecule has 2 rings (SSSR count). The van der Waals surface area contributed by atoms with E-state index in [0.29, 0.717) is 16.8 Å². The molecule has 3 nitrogen and oxygen atoms in total. The molecule has 0 aliphatic heterocycles. The van der Waals surface area contributed by atoms with Crippen LogP contribution in [-0.4, -0.2) is 0 Å². The van der Waals surface area contributed by atoms with Crippen molar-refractivity contribution in [1.82, 2.24) is 0 Å². The average Bonchev–Trinajstić information content (AvgIpc) is 2.59. The molecule has 0 amide bonds. The molecule has 0 aliphatic carbocycles. The quantitative estimate of drug-likeness (QED) is 0.661. The minimum absolute atomic E-state index is 0.518. The molecule has 0 bridgehead atoms. The Kier molecular flexibility index (Phi) is 1.85. The predicted molar refractivity (Wildman–Crippen MR) is 55.7 cm³/mol. The summed E-state index contributed by atoms with van der Waals surface area (Å²) in [5.41, 5.74) is 7.26. The molecule has 0 fully saturated rings. The standard InChI is InChI=1S/C10H5N3S/c11-3-6-1-8(13)2-9-7(4-12)5-14-10(6)9/h1-2,5H,13H2. The molecule has 0 aliphatic rings. The summed E-state index contributed by atoms with van der Waals surface area (Å²) in [4.78, 5) is 0. The van der Waals surface area contributed by atoms with Crippen molar-refractivity contribution in [2.75, 3.05) is 5.73 Å². The van der Waals surface area contributed by atoms with Crippen molar-refractivity contribution in [2.45, 2.75) is 0 Å². The second kappa shape index (κ2) is 3.02. The smallest absolute Gasteiger partial charge is 0.101 e. The molecule has 0 saturated carbocycles. The lowest BCUT2D eigenvalue weighted by Gasteiger charge is -1.96. The van der Waals surface area contributed by atoms with Crippen LogP contribution in [0, 0.1) is 22.7 Å². The second-order valence-electron chi connectivity index (χ2n) is 2.82. The Morgan fingerprint density at radius 2 is 1.86 bits per heavy atom. The first-order valence-electron chi connectivity index (χ1n) is 3.87. The summed E-state index contributed by atoms with van der Waals surface area (Å²) >= 11 is 1.40. The largest absolute Gasteiger partial charge is 0.399 e. The molecule has 1 heterocycles. The van der Waals surface area contributed by atoms with Crippen molar-refractivity contribution in [3.05, 3.63) is 28.6 Å². The van der Waals surface area contributed by atoms with Gasteiger partial charge in [-0.1, -0.05) is 0 Å². The average molecular weight is 199 g/mol. The van der Waals surface area contributed by atoms with Gasteiger partial charge in [0.2, 0.25) is 0 Å². The topological polar surface area (TPSA) is 73.6 Å². The first kappa shape index (κ1) is 8.55. The zero-order valence-corrected chi connectivity index (χ0v) is 7.93. The maximum Gasteiger partial charge on any atom is 0.101 e. The van der Waals surface area contributed by atoms with Crippen LogP contribution < -0.4 is 5.73 Å². The number of hydrogen-bond acceptors (Lipinski definition) is 4. The lowest BCUT2D eigenvalue weighted by Crippen LogP contribution is -1.86. The Bertz CT molecular complexity index is 584. The van der Waals surface area contributed by atoms with Crippen LogP contribution in [-0.2, 0) is 0 Å². The third kappa shape index (κ3) is 1.10. The monoisotopic (exact) mass is 199 g/mol. The molecule has 0 saturated heterocycles. The Morgan fingerprint density at radius 1 is 1.14 bits per heavy atom. The van der Waals surface area contributed by atoms with Gasteiger partial charge in [0.1, 0.15) is 12.1 Å². The zero-order chi connectivity index (χ0) is 10.1. The summed E-state index contributed by atoms with van der Waals surface area (Å²) in [6.07, 6.45) is 0. The summed E-state index contributed by atoms with van der Waals surface area (Å²) in [7, 11) is 0. The third-order valence-corrected chi connectivity index (χ3v) is 2.97. The SMILES string of the molecule is N#Cc1csc2c(C#N)cc(N)cc12. The van der Waals surface area contributed by atoms with E-state index in [4.69, 9.17) is 16.3 Å². The summed E-state index contributed by atoms with van der Waals surface area (Å²) in [6, 6.07) is 7.50. The van der Waals surface area contributed by atoms with E-state index in [0.717, 1.165) is 10.1 Å². The maximum atomic E-state index is 8.86. The zero-order valence-electron chi connectivity index (χ0n) is 7.11. The summed E-state index contributed by atoms with van der Waals surface area (Å²) in [5, 5.41) is 20.2. The van der Waals surface area contributed by atoms with Gasteiger partial charge in [-0.05, 0) is 12.1 Å². The highest BCUT2D eigenvalue weighted by Gasteiger charge is 2.08. The number of fused-ring (bicyclic) bond motifs is 1. The number of thiophene rings is 1. The van der Waals surface area contributed by atoms with Crippen LogP contribution in [0.3, 0.4) is 0 Å². The number of benzene rings is 1. The fourth-order valence-corrected chi connectivity index (χ4v) is 2.27. The summed E-state index contributed by atoms with van der Waals surface area (Å²) in [6.45, 7) is 0. The molecule has 66 valence electrons. The number of nitrogens with zero attached hydrogens (tertiary/aromatic N) is 2. The lowest BCUT2D eigenvalue weighted by molar-refractivity contribution is 1.50. The molecule has 1 aromatic heterocycles. The Labute approximate surface area is 84.6 Å². The van der Waals surface area contributed by atoms with Crippen molar-refractivity contribution in [1.29, 1.82) is 10.5 Å². The number of nitriles is 2. The van der Waals surface area contributed by atoms with E-state index in [-0.39, 0.29) is 0 Å². The van der Waals surface area contributed by atoms with E-state index < -0.39 is 0 Å². The number of nitrogen functional groups attached to an aromatic ring is 1. The van der Waals surface area contributed by atoms with Crippen LogP contribution in [0.2, 0.25) is 0 Å². The molecule has 0 unspecified atom stereocenters. The van der Waals surface area contributed by atoms with Gasteiger partial charge in [0.05, 0.1) is 15.8 Å². The van der Waals surface area contributed by atoms with Crippen LogP contribution in [0.5, 0.6) is 0 Å². The van der Waals surface area contributed by atoms with Crippen LogP contribution in [0.1, 0.15) is 11.1 Å². The van der Waals surface area contributed by atoms with Crippen molar-refractivity contribution in [3.8, 4) is 12.1 Å². The van der Waals surface area contributed by atoms with Crippen molar-refractivity contribution in [2.24, 2.45) is 0 Å². The fraction of sp³-hybridized carbons (Fsp3) is 0. The predicted octanol–water partition coefficient (Wildman–Crippen LogP) is 2.23. The number of rotatable bonds is 0. The molecular formula is C10H5N3S. The van der Waals surface area contributed by atoms with E-state index >= 15 is 0 Å². The molecule has 2 aromatic rings. The molecule has 4 heteroatoms. The Morgan fingerprint density at radius 3 is 2.50 bits per heavy atom. The van der Waals surface area contributed by atoms with Crippen molar-refractivity contribution in [3.63, 3.8) is 0 Å². The van der Waals surface area contributed by atoms with Gasteiger partial charge in [-0.3, -0.25) is 0 Å². The highest BCUT2D eigenvalue weighted by atomic mass is 32.1. The first-order chi connectivity index (χ1) is 6.76. The van der Waals surface area contributed by atoms with Gasteiger partial charge in [-0.15, -0.1) is 11.3 Å². The van der Waals surface area contributed by atoms with Gasteiger partial charge in [-0.25, -0.2) is 0 Å². The summed E-state index contributed by atoms with van der Waals surface area (Å²) in [5.74, 6) is 0. The van der Waals surface area contributed by atoms with E-state index in [9.17, 15) is 0 Å². The highest BCUT2D eigenvalue weighted by Crippen LogP contribution is 2.30.